The molecule has 0 fully saturated rings. The minimum atomic E-state index is 0.397. The molecule has 2 heterocycles. The van der Waals surface area contributed by atoms with Crippen molar-refractivity contribution in [2.75, 3.05) is 11.1 Å². The number of hydrogen-bond donors (Lipinski definition) is 3. The second-order valence-corrected chi connectivity index (χ2v) is 4.37. The summed E-state index contributed by atoms with van der Waals surface area (Å²) in [6, 6.07) is 8.28. The zero-order valence-electron chi connectivity index (χ0n) is 10.5. The number of nitrogens with one attached hydrogen (secondary N) is 2. The highest BCUT2D eigenvalue weighted by molar-refractivity contribution is 5.82. The van der Waals surface area contributed by atoms with Crippen molar-refractivity contribution >= 4 is 22.9 Å². The van der Waals surface area contributed by atoms with Gasteiger partial charge in [-0.2, -0.15) is 9.97 Å². The number of nitrogens with two attached hydrogens (primary N) is 1. The summed E-state index contributed by atoms with van der Waals surface area (Å²) in [4.78, 5) is 15.5. The molecule has 6 nitrogen and oxygen atoms in total. The summed E-state index contributed by atoms with van der Waals surface area (Å²) in [5.74, 6) is 0.881. The number of imidazole rings is 1. The lowest BCUT2D eigenvalue weighted by molar-refractivity contribution is 1.07. The Bertz CT molecular complexity index is 701. The molecule has 0 saturated carbocycles. The molecule has 3 rings (SSSR count). The van der Waals surface area contributed by atoms with Gasteiger partial charge in [0.2, 0.25) is 5.95 Å². The van der Waals surface area contributed by atoms with Crippen LogP contribution in [0.2, 0.25) is 0 Å². The number of aromatic amines is 1. The Kier molecular flexibility index (Phi) is 2.75. The highest BCUT2D eigenvalue weighted by Crippen LogP contribution is 2.15. The van der Waals surface area contributed by atoms with Crippen molar-refractivity contribution in [3.63, 3.8) is 0 Å². The first-order valence-electron chi connectivity index (χ1n) is 5.98. The van der Waals surface area contributed by atoms with Gasteiger partial charge in [-0.15, -0.1) is 0 Å². The number of benzene rings is 1. The molecule has 0 aliphatic carbocycles. The first-order chi connectivity index (χ1) is 9.22. The van der Waals surface area contributed by atoms with Crippen molar-refractivity contribution in [2.45, 2.75) is 13.5 Å². The lowest BCUT2D eigenvalue weighted by Gasteiger charge is -2.06. The van der Waals surface area contributed by atoms with Crippen molar-refractivity contribution in [2.24, 2.45) is 0 Å². The average Bonchev–Trinajstić information content (AvgIpc) is 2.87. The van der Waals surface area contributed by atoms with Crippen LogP contribution in [0, 0.1) is 6.92 Å². The lowest BCUT2D eigenvalue weighted by atomic mass is 10.1. The van der Waals surface area contributed by atoms with Crippen molar-refractivity contribution < 1.29 is 0 Å². The summed E-state index contributed by atoms with van der Waals surface area (Å²) in [7, 11) is 0. The van der Waals surface area contributed by atoms with Crippen LogP contribution in [0.5, 0.6) is 0 Å². The standard InChI is InChI=1S/C13H14N6/c1-8-2-4-9(5-3-8)6-15-13-18-11(14)10-12(19-13)17-7-16-10/h2-5,7H,6H2,1H3,(H4,14,15,16,17,18,19). The van der Waals surface area contributed by atoms with E-state index in [2.05, 4.69) is 56.4 Å². The van der Waals surface area contributed by atoms with E-state index in [0.717, 1.165) is 5.56 Å². The van der Waals surface area contributed by atoms with Gasteiger partial charge < -0.3 is 16.0 Å². The first-order valence-corrected chi connectivity index (χ1v) is 5.98. The average molecular weight is 254 g/mol. The molecule has 4 N–H and O–H groups in total. The van der Waals surface area contributed by atoms with Gasteiger partial charge in [-0.25, -0.2) is 4.98 Å². The van der Waals surface area contributed by atoms with E-state index in [-0.39, 0.29) is 0 Å². The fourth-order valence-corrected chi connectivity index (χ4v) is 1.82. The van der Waals surface area contributed by atoms with E-state index in [0.29, 0.717) is 29.5 Å². The molecular formula is C13H14N6. The Balaban J connectivity index is 1.79. The van der Waals surface area contributed by atoms with Crippen LogP contribution in [0.3, 0.4) is 0 Å². The topological polar surface area (TPSA) is 92.5 Å². The van der Waals surface area contributed by atoms with Crippen molar-refractivity contribution in [1.82, 2.24) is 19.9 Å². The number of H-pyrrole nitrogens is 1. The van der Waals surface area contributed by atoms with Gasteiger partial charge in [0.1, 0.15) is 5.52 Å². The van der Waals surface area contributed by atoms with E-state index in [1.807, 2.05) is 0 Å². The molecule has 0 bridgehead atoms. The van der Waals surface area contributed by atoms with E-state index >= 15 is 0 Å². The maximum atomic E-state index is 5.83. The number of hydrogen-bond acceptors (Lipinski definition) is 5. The summed E-state index contributed by atoms with van der Waals surface area (Å²) in [5, 5.41) is 3.15. The fraction of sp³-hybridized carbons (Fsp3) is 0.154. The maximum Gasteiger partial charge on any atom is 0.227 e. The van der Waals surface area contributed by atoms with Crippen LogP contribution >= 0.6 is 0 Å². The predicted octanol–water partition coefficient (Wildman–Crippen LogP) is 1.86. The van der Waals surface area contributed by atoms with E-state index in [1.54, 1.807) is 6.33 Å². The van der Waals surface area contributed by atoms with Gasteiger partial charge in [-0.3, -0.25) is 0 Å². The SMILES string of the molecule is Cc1ccc(CNc2nc(N)c3[nH]cnc3n2)cc1. The molecule has 0 amide bonds. The summed E-state index contributed by atoms with van der Waals surface area (Å²) in [5.41, 5.74) is 9.46. The first kappa shape index (κ1) is 11.5. The summed E-state index contributed by atoms with van der Waals surface area (Å²) in [6.07, 6.45) is 1.56. The van der Waals surface area contributed by atoms with Crippen LogP contribution in [0.1, 0.15) is 11.1 Å². The van der Waals surface area contributed by atoms with Crippen LogP contribution in [0.15, 0.2) is 30.6 Å². The van der Waals surface area contributed by atoms with E-state index in [9.17, 15) is 0 Å². The second-order valence-electron chi connectivity index (χ2n) is 4.37. The minimum absolute atomic E-state index is 0.397. The Morgan fingerprint density at radius 1 is 1.21 bits per heavy atom. The maximum absolute atomic E-state index is 5.83. The molecule has 0 unspecified atom stereocenters. The Morgan fingerprint density at radius 2 is 2.00 bits per heavy atom. The molecule has 19 heavy (non-hydrogen) atoms. The third kappa shape index (κ3) is 2.33. The molecule has 0 aliphatic heterocycles. The van der Waals surface area contributed by atoms with Gasteiger partial charge >= 0.3 is 0 Å². The zero-order valence-corrected chi connectivity index (χ0v) is 10.5. The number of aryl methyl sites for hydroxylation is 1. The van der Waals surface area contributed by atoms with Crippen LogP contribution < -0.4 is 11.1 Å². The molecule has 0 spiro atoms. The molecule has 3 aromatic rings. The highest BCUT2D eigenvalue weighted by atomic mass is 15.2. The molecular weight excluding hydrogens is 240 g/mol. The molecule has 2 aromatic heterocycles. The third-order valence-corrected chi connectivity index (χ3v) is 2.88. The molecule has 0 atom stereocenters. The van der Waals surface area contributed by atoms with Crippen molar-refractivity contribution in [3.8, 4) is 0 Å². The number of anilines is 2. The van der Waals surface area contributed by atoms with Crippen molar-refractivity contribution in [1.29, 1.82) is 0 Å². The van der Waals surface area contributed by atoms with Gasteiger partial charge in [0.25, 0.3) is 0 Å². The Labute approximate surface area is 110 Å². The number of fused-ring (bicyclic) bond motifs is 1. The van der Waals surface area contributed by atoms with Gasteiger partial charge in [0, 0.05) is 6.54 Å². The number of nitrogens with zero attached hydrogens (tertiary/aromatic N) is 3. The van der Waals surface area contributed by atoms with Gasteiger partial charge in [0.05, 0.1) is 6.33 Å². The van der Waals surface area contributed by atoms with Gasteiger partial charge in [-0.05, 0) is 12.5 Å². The molecule has 0 radical (unpaired) electrons. The molecule has 96 valence electrons. The molecule has 0 aliphatic rings. The predicted molar refractivity (Wildman–Crippen MR) is 74.6 cm³/mol. The smallest absolute Gasteiger partial charge is 0.227 e. The summed E-state index contributed by atoms with van der Waals surface area (Å²) < 4.78 is 0. The number of aromatic nitrogens is 4. The Hall–Kier alpha value is -2.63. The highest BCUT2D eigenvalue weighted by Gasteiger charge is 2.06. The fourth-order valence-electron chi connectivity index (χ4n) is 1.82. The van der Waals surface area contributed by atoms with E-state index < -0.39 is 0 Å². The van der Waals surface area contributed by atoms with Crippen molar-refractivity contribution in [3.05, 3.63) is 41.7 Å². The largest absolute Gasteiger partial charge is 0.382 e. The third-order valence-electron chi connectivity index (χ3n) is 2.88. The summed E-state index contributed by atoms with van der Waals surface area (Å²) >= 11 is 0. The monoisotopic (exact) mass is 254 g/mol. The molecule has 0 saturated heterocycles. The van der Waals surface area contributed by atoms with E-state index in [4.69, 9.17) is 5.73 Å². The molecule has 6 heteroatoms. The van der Waals surface area contributed by atoms with Gasteiger partial charge in [-0.1, -0.05) is 29.8 Å². The van der Waals surface area contributed by atoms with E-state index in [1.165, 1.54) is 5.56 Å². The van der Waals surface area contributed by atoms with Crippen LogP contribution in [0.4, 0.5) is 11.8 Å². The zero-order chi connectivity index (χ0) is 13.2. The molecule has 1 aromatic carbocycles. The minimum Gasteiger partial charge on any atom is -0.382 e. The van der Waals surface area contributed by atoms with Crippen LogP contribution in [0.25, 0.3) is 11.2 Å². The number of rotatable bonds is 3. The second kappa shape index (κ2) is 4.56. The number of nitrogen functional groups attached to an aromatic ring is 1. The lowest BCUT2D eigenvalue weighted by Crippen LogP contribution is -2.05. The van der Waals surface area contributed by atoms with Crippen LogP contribution in [-0.2, 0) is 6.54 Å². The van der Waals surface area contributed by atoms with Crippen LogP contribution in [-0.4, -0.2) is 19.9 Å². The normalized spacial score (nSPS) is 10.8. The van der Waals surface area contributed by atoms with Gasteiger partial charge in [0.15, 0.2) is 11.5 Å². The Morgan fingerprint density at radius 3 is 2.79 bits per heavy atom. The summed E-state index contributed by atoms with van der Waals surface area (Å²) in [6.45, 7) is 2.71. The quantitative estimate of drug-likeness (QED) is 0.663.